The first-order valence-corrected chi connectivity index (χ1v) is 8.25. The van der Waals surface area contributed by atoms with Gasteiger partial charge in [0.2, 0.25) is 0 Å². The molecule has 0 saturated carbocycles. The summed E-state index contributed by atoms with van der Waals surface area (Å²) in [6.45, 7) is 0. The fourth-order valence-corrected chi connectivity index (χ4v) is 4.33. The van der Waals surface area contributed by atoms with E-state index in [1.54, 1.807) is 24.3 Å². The molecule has 0 saturated heterocycles. The molecule has 0 radical (unpaired) electrons. The number of ketones is 2. The number of fused-ring (bicyclic) bond motifs is 3. The molecule has 2 aromatic carbocycles. The maximum Gasteiger partial charge on any atom is 0.189 e. The normalized spacial score (nSPS) is 28.3. The zero-order valence-corrected chi connectivity index (χ0v) is 13.5. The Morgan fingerprint density at radius 3 is 2.58 bits per heavy atom. The average Bonchev–Trinajstić information content (AvgIpc) is 2.93. The topological polar surface area (TPSA) is 104 Å². The molecule has 0 amide bonds. The van der Waals surface area contributed by atoms with Gasteiger partial charge in [-0.1, -0.05) is 18.2 Å². The van der Waals surface area contributed by atoms with Crippen molar-refractivity contribution in [1.82, 2.24) is 0 Å². The van der Waals surface area contributed by atoms with E-state index >= 15 is 0 Å². The van der Waals surface area contributed by atoms with Crippen molar-refractivity contribution >= 4 is 11.6 Å². The van der Waals surface area contributed by atoms with Crippen LogP contribution in [0.5, 0.6) is 11.5 Å². The van der Waals surface area contributed by atoms with Gasteiger partial charge < -0.3 is 20.1 Å². The van der Waals surface area contributed by atoms with Crippen LogP contribution in [0.15, 0.2) is 42.5 Å². The minimum Gasteiger partial charge on any atom is -0.507 e. The number of hydrogen-bond acceptors (Lipinski definition) is 6. The van der Waals surface area contributed by atoms with E-state index < -0.39 is 17.8 Å². The Morgan fingerprint density at radius 1 is 1.00 bits per heavy atom. The summed E-state index contributed by atoms with van der Waals surface area (Å²) in [5, 5.41) is 30.8. The van der Waals surface area contributed by atoms with Crippen LogP contribution in [0.3, 0.4) is 0 Å². The van der Waals surface area contributed by atoms with Crippen molar-refractivity contribution in [2.75, 3.05) is 0 Å². The first kappa shape index (κ1) is 15.3. The molecule has 5 rings (SSSR count). The van der Waals surface area contributed by atoms with Crippen LogP contribution < -0.4 is 0 Å². The highest BCUT2D eigenvalue weighted by molar-refractivity contribution is 6.10. The quantitative estimate of drug-likeness (QED) is 0.672. The molecule has 1 spiro atoms. The number of aromatic hydroxyl groups is 2. The number of phenols is 2. The number of hydrogen-bond donors (Lipinski definition) is 3. The van der Waals surface area contributed by atoms with Gasteiger partial charge in [0, 0.05) is 17.5 Å². The Bertz CT molecular complexity index is 1040. The van der Waals surface area contributed by atoms with Gasteiger partial charge in [0.05, 0.1) is 17.2 Å². The molecule has 1 heterocycles. The second-order valence-electron chi connectivity index (χ2n) is 6.79. The summed E-state index contributed by atoms with van der Waals surface area (Å²) >= 11 is 0. The molecule has 0 bridgehead atoms. The maximum atomic E-state index is 12.4. The van der Waals surface area contributed by atoms with Crippen LogP contribution in [0.4, 0.5) is 0 Å². The number of Topliss-reactive ketones (excluding diaryl/α,β-unsaturated/α-hetero) is 1. The number of rotatable bonds is 0. The van der Waals surface area contributed by atoms with Crippen molar-refractivity contribution in [2.45, 2.75) is 24.2 Å². The lowest BCUT2D eigenvalue weighted by molar-refractivity contribution is -0.0819. The van der Waals surface area contributed by atoms with Gasteiger partial charge in [-0.3, -0.25) is 9.59 Å². The molecule has 1 aliphatic heterocycles. The number of carbonyl (C=O) groups is 2. The Labute approximate surface area is 148 Å². The molecule has 26 heavy (non-hydrogen) atoms. The summed E-state index contributed by atoms with van der Waals surface area (Å²) < 4.78 is 6.22. The van der Waals surface area contributed by atoms with Crippen molar-refractivity contribution in [3.63, 3.8) is 0 Å². The van der Waals surface area contributed by atoms with Crippen molar-refractivity contribution in [3.8, 4) is 11.5 Å². The van der Waals surface area contributed by atoms with Gasteiger partial charge in [0.15, 0.2) is 11.6 Å². The molecule has 6 heteroatoms. The van der Waals surface area contributed by atoms with Crippen molar-refractivity contribution < 1.29 is 29.6 Å². The van der Waals surface area contributed by atoms with Crippen molar-refractivity contribution in [3.05, 3.63) is 70.3 Å². The number of benzene rings is 2. The first-order valence-electron chi connectivity index (χ1n) is 8.25. The smallest absolute Gasteiger partial charge is 0.189 e. The molecular formula is C20H14O6. The monoisotopic (exact) mass is 350 g/mol. The Kier molecular flexibility index (Phi) is 2.83. The van der Waals surface area contributed by atoms with Crippen LogP contribution in [0.25, 0.3) is 0 Å². The van der Waals surface area contributed by atoms with Gasteiger partial charge in [0.1, 0.15) is 23.2 Å². The number of aliphatic hydroxyl groups is 1. The number of aliphatic hydroxyl groups excluding tert-OH is 1. The van der Waals surface area contributed by atoms with E-state index in [2.05, 4.69) is 0 Å². The number of allylic oxidation sites excluding steroid dienone is 1. The fraction of sp³-hybridized carbons (Fsp3) is 0.200. The van der Waals surface area contributed by atoms with Crippen LogP contribution in [0.2, 0.25) is 0 Å². The van der Waals surface area contributed by atoms with Gasteiger partial charge in [-0.2, -0.15) is 0 Å². The lowest BCUT2D eigenvalue weighted by Crippen LogP contribution is -2.32. The van der Waals surface area contributed by atoms with Gasteiger partial charge >= 0.3 is 0 Å². The van der Waals surface area contributed by atoms with Crippen LogP contribution in [-0.2, 0) is 10.3 Å². The second kappa shape index (κ2) is 4.81. The van der Waals surface area contributed by atoms with Gasteiger partial charge in [-0.05, 0) is 29.8 Å². The highest BCUT2D eigenvalue weighted by atomic mass is 16.5. The van der Waals surface area contributed by atoms with Crippen LogP contribution in [-0.4, -0.2) is 33.0 Å². The third-order valence-electron chi connectivity index (χ3n) is 5.40. The lowest BCUT2D eigenvalue weighted by Gasteiger charge is -2.33. The minimum atomic E-state index is -1.21. The van der Waals surface area contributed by atoms with Gasteiger partial charge in [-0.25, -0.2) is 0 Å². The molecule has 130 valence electrons. The molecule has 6 nitrogen and oxygen atoms in total. The fourth-order valence-electron chi connectivity index (χ4n) is 4.33. The standard InChI is InChI=1S/C20H14O6/c21-11-3-1-2-9-16(11)13(23)6-7-20(9)10-4-5-12(22)18-14(24)8-15(25)19(26-20)17(10)18/h1-7,15,19,21-22,25H,8H2. The van der Waals surface area contributed by atoms with E-state index in [-0.39, 0.29) is 40.6 Å². The molecular weight excluding hydrogens is 336 g/mol. The summed E-state index contributed by atoms with van der Waals surface area (Å²) in [4.78, 5) is 24.7. The van der Waals surface area contributed by atoms with E-state index in [0.29, 0.717) is 16.7 Å². The van der Waals surface area contributed by atoms with Gasteiger partial charge in [-0.15, -0.1) is 0 Å². The molecule has 3 atom stereocenters. The Balaban J connectivity index is 1.86. The molecule has 0 fully saturated rings. The molecule has 2 aliphatic carbocycles. The van der Waals surface area contributed by atoms with E-state index in [1.165, 1.54) is 18.2 Å². The Hall–Kier alpha value is -2.96. The summed E-state index contributed by atoms with van der Waals surface area (Å²) in [5.74, 6) is -1.01. The van der Waals surface area contributed by atoms with Crippen LogP contribution in [0, 0.1) is 0 Å². The van der Waals surface area contributed by atoms with Gasteiger partial charge in [0.25, 0.3) is 0 Å². The largest absolute Gasteiger partial charge is 0.507 e. The highest BCUT2D eigenvalue weighted by Gasteiger charge is 2.53. The third kappa shape index (κ3) is 1.67. The van der Waals surface area contributed by atoms with E-state index in [9.17, 15) is 24.9 Å². The Morgan fingerprint density at radius 2 is 1.77 bits per heavy atom. The average molecular weight is 350 g/mol. The van der Waals surface area contributed by atoms with Crippen LogP contribution in [0.1, 0.15) is 49.9 Å². The summed E-state index contributed by atoms with van der Waals surface area (Å²) in [7, 11) is 0. The van der Waals surface area contributed by atoms with E-state index in [0.717, 1.165) is 0 Å². The van der Waals surface area contributed by atoms with E-state index in [1.807, 2.05) is 0 Å². The highest BCUT2D eigenvalue weighted by Crippen LogP contribution is 2.56. The second-order valence-corrected chi connectivity index (χ2v) is 6.79. The summed E-state index contributed by atoms with van der Waals surface area (Å²) in [6.07, 6.45) is 0.895. The molecule has 3 aliphatic rings. The number of carbonyl (C=O) groups excluding carboxylic acids is 2. The summed E-state index contributed by atoms with van der Waals surface area (Å²) in [6, 6.07) is 7.77. The first-order chi connectivity index (χ1) is 12.4. The van der Waals surface area contributed by atoms with E-state index in [4.69, 9.17) is 4.74 Å². The zero-order chi connectivity index (χ0) is 18.2. The molecule has 3 N–H and O–H groups in total. The third-order valence-corrected chi connectivity index (χ3v) is 5.40. The summed E-state index contributed by atoms with van der Waals surface area (Å²) in [5.41, 5.74) is 0.556. The van der Waals surface area contributed by atoms with Crippen molar-refractivity contribution in [1.29, 1.82) is 0 Å². The molecule has 2 aromatic rings. The number of phenolic OH excluding ortho intramolecular Hbond substituents is 2. The minimum absolute atomic E-state index is 0.135. The molecule has 0 aromatic heterocycles. The van der Waals surface area contributed by atoms with Crippen molar-refractivity contribution in [2.24, 2.45) is 0 Å². The lowest BCUT2D eigenvalue weighted by atomic mass is 9.75. The zero-order valence-electron chi connectivity index (χ0n) is 13.5. The van der Waals surface area contributed by atoms with Crippen LogP contribution >= 0.6 is 0 Å². The SMILES string of the molecule is O=C1C=CC2(OC3c4c2ccc(O)c4C(=O)CC3O)c2cccc(O)c21. The predicted molar refractivity (Wildman–Crippen MR) is 89.2 cm³/mol. The number of ether oxygens (including phenoxy) is 1. The predicted octanol–water partition coefficient (Wildman–Crippen LogP) is 2.11. The maximum absolute atomic E-state index is 12.4. The molecule has 3 unspecified atom stereocenters.